The van der Waals surface area contributed by atoms with Crippen molar-refractivity contribution in [3.05, 3.63) is 34.8 Å². The summed E-state index contributed by atoms with van der Waals surface area (Å²) >= 11 is 0. The van der Waals surface area contributed by atoms with Gasteiger partial charge in [0.15, 0.2) is 11.4 Å². The van der Waals surface area contributed by atoms with Crippen molar-refractivity contribution in [1.82, 2.24) is 0 Å². The van der Waals surface area contributed by atoms with Gasteiger partial charge in [-0.3, -0.25) is 0 Å². The molecule has 0 aliphatic carbocycles. The Morgan fingerprint density at radius 2 is 2.07 bits per heavy atom. The van der Waals surface area contributed by atoms with Crippen LogP contribution in [0, 0.1) is 19.7 Å². The molecule has 2 aromatic rings. The number of rotatable bonds is 1. The van der Waals surface area contributed by atoms with Crippen LogP contribution in [0.15, 0.2) is 16.5 Å². The molecule has 0 saturated heterocycles. The number of halogens is 1. The summed E-state index contributed by atoms with van der Waals surface area (Å²) in [4.78, 5) is 10.8. The molecule has 0 aliphatic rings. The van der Waals surface area contributed by atoms with Crippen LogP contribution >= 0.6 is 0 Å². The van der Waals surface area contributed by atoms with Gasteiger partial charge in [-0.25, -0.2) is 9.18 Å². The highest BCUT2D eigenvalue weighted by molar-refractivity contribution is 5.95. The molecule has 0 bridgehead atoms. The van der Waals surface area contributed by atoms with E-state index in [1.165, 1.54) is 0 Å². The normalized spacial score (nSPS) is 10.9. The molecule has 78 valence electrons. The minimum absolute atomic E-state index is 0.0184. The molecular weight excluding hydrogens is 199 g/mol. The van der Waals surface area contributed by atoms with Crippen molar-refractivity contribution < 1.29 is 18.7 Å². The number of hydrogen-bond acceptors (Lipinski definition) is 2. The number of aromatic carboxylic acids is 1. The second-order valence-electron chi connectivity index (χ2n) is 3.43. The standard InChI is InChI=1S/C11H9FO3/c1-5-3-4-7-6(2)9(11(13)14)15-10(7)8(5)12/h3-4H,1-2H3,(H,13,14). The van der Waals surface area contributed by atoms with Crippen LogP contribution in [0.1, 0.15) is 21.7 Å². The van der Waals surface area contributed by atoms with Crippen molar-refractivity contribution in [3.63, 3.8) is 0 Å². The van der Waals surface area contributed by atoms with Crippen molar-refractivity contribution in [3.8, 4) is 0 Å². The molecule has 1 aromatic carbocycles. The summed E-state index contributed by atoms with van der Waals surface area (Å²) in [6, 6.07) is 3.27. The number of carbonyl (C=O) groups is 1. The molecule has 0 spiro atoms. The van der Waals surface area contributed by atoms with E-state index < -0.39 is 11.8 Å². The van der Waals surface area contributed by atoms with Gasteiger partial charge >= 0.3 is 5.97 Å². The van der Waals surface area contributed by atoms with Crippen LogP contribution < -0.4 is 0 Å². The zero-order valence-corrected chi connectivity index (χ0v) is 8.30. The summed E-state index contributed by atoms with van der Waals surface area (Å²) in [5.41, 5.74) is 0.912. The first kappa shape index (κ1) is 9.71. The Morgan fingerprint density at radius 3 is 2.67 bits per heavy atom. The molecule has 4 heteroatoms. The molecule has 0 saturated carbocycles. The van der Waals surface area contributed by atoms with Gasteiger partial charge in [0.25, 0.3) is 0 Å². The Labute approximate surface area is 85.1 Å². The van der Waals surface area contributed by atoms with Gasteiger partial charge in [-0.2, -0.15) is 0 Å². The highest BCUT2D eigenvalue weighted by Gasteiger charge is 2.19. The van der Waals surface area contributed by atoms with Crippen molar-refractivity contribution in [2.75, 3.05) is 0 Å². The first-order valence-electron chi connectivity index (χ1n) is 4.44. The van der Waals surface area contributed by atoms with Crippen LogP contribution in [0.3, 0.4) is 0 Å². The maximum Gasteiger partial charge on any atom is 0.372 e. The van der Waals surface area contributed by atoms with Gasteiger partial charge in [0.1, 0.15) is 0 Å². The van der Waals surface area contributed by atoms with Gasteiger partial charge in [-0.15, -0.1) is 0 Å². The highest BCUT2D eigenvalue weighted by Crippen LogP contribution is 2.28. The summed E-state index contributed by atoms with van der Waals surface area (Å²) in [5, 5.41) is 9.32. The van der Waals surface area contributed by atoms with E-state index in [2.05, 4.69) is 0 Å². The van der Waals surface area contributed by atoms with Gasteiger partial charge in [-0.1, -0.05) is 12.1 Å². The Balaban J connectivity index is 2.88. The van der Waals surface area contributed by atoms with Crippen LogP contribution in [0.4, 0.5) is 4.39 Å². The van der Waals surface area contributed by atoms with Crippen LogP contribution in [-0.2, 0) is 0 Å². The quantitative estimate of drug-likeness (QED) is 0.783. The average molecular weight is 208 g/mol. The summed E-state index contributed by atoms with van der Waals surface area (Å²) in [5.74, 6) is -1.88. The van der Waals surface area contributed by atoms with Gasteiger partial charge in [0.2, 0.25) is 5.76 Å². The van der Waals surface area contributed by atoms with E-state index in [0.717, 1.165) is 0 Å². The Morgan fingerprint density at radius 1 is 1.40 bits per heavy atom. The molecule has 1 aromatic heterocycles. The molecule has 3 nitrogen and oxygen atoms in total. The van der Waals surface area contributed by atoms with E-state index in [9.17, 15) is 9.18 Å². The molecule has 0 amide bonds. The number of fused-ring (bicyclic) bond motifs is 1. The third-order valence-electron chi connectivity index (χ3n) is 2.43. The van der Waals surface area contributed by atoms with E-state index in [0.29, 0.717) is 16.5 Å². The van der Waals surface area contributed by atoms with Gasteiger partial charge < -0.3 is 9.52 Å². The summed E-state index contributed by atoms with van der Waals surface area (Å²) in [7, 11) is 0. The predicted molar refractivity (Wildman–Crippen MR) is 52.6 cm³/mol. The lowest BCUT2D eigenvalue weighted by atomic mass is 10.1. The lowest BCUT2D eigenvalue weighted by Gasteiger charge is -1.95. The van der Waals surface area contributed by atoms with E-state index in [4.69, 9.17) is 9.52 Å². The lowest BCUT2D eigenvalue weighted by molar-refractivity contribution is 0.0663. The topological polar surface area (TPSA) is 50.4 Å². The predicted octanol–water partition coefficient (Wildman–Crippen LogP) is 2.89. The van der Waals surface area contributed by atoms with E-state index in [1.807, 2.05) is 0 Å². The first-order valence-corrected chi connectivity index (χ1v) is 4.44. The Hall–Kier alpha value is -1.84. The van der Waals surface area contributed by atoms with Crippen LogP contribution in [0.5, 0.6) is 0 Å². The number of benzene rings is 1. The summed E-state index contributed by atoms with van der Waals surface area (Å²) in [6.07, 6.45) is 0. The minimum atomic E-state index is -1.18. The number of hydrogen-bond donors (Lipinski definition) is 1. The number of furan rings is 1. The van der Waals surface area contributed by atoms with Crippen LogP contribution in [0.25, 0.3) is 11.0 Å². The van der Waals surface area contributed by atoms with Crippen molar-refractivity contribution in [1.29, 1.82) is 0 Å². The molecule has 2 rings (SSSR count). The van der Waals surface area contributed by atoms with Crippen molar-refractivity contribution >= 4 is 16.9 Å². The average Bonchev–Trinajstić information content (AvgIpc) is 2.51. The fourth-order valence-electron chi connectivity index (χ4n) is 1.55. The minimum Gasteiger partial charge on any atom is -0.475 e. The van der Waals surface area contributed by atoms with Gasteiger partial charge in [0.05, 0.1) is 0 Å². The van der Waals surface area contributed by atoms with Crippen molar-refractivity contribution in [2.24, 2.45) is 0 Å². The molecule has 0 radical (unpaired) electrons. The fourth-order valence-corrected chi connectivity index (χ4v) is 1.55. The maximum atomic E-state index is 13.6. The number of carboxylic acid groups (broad SMARTS) is 1. The molecule has 15 heavy (non-hydrogen) atoms. The van der Waals surface area contributed by atoms with E-state index in [-0.39, 0.29) is 11.3 Å². The SMILES string of the molecule is Cc1ccc2c(C)c(C(=O)O)oc2c1F. The highest BCUT2D eigenvalue weighted by atomic mass is 19.1. The molecular formula is C11H9FO3. The first-order chi connectivity index (χ1) is 7.02. The third-order valence-corrected chi connectivity index (χ3v) is 2.43. The lowest BCUT2D eigenvalue weighted by Crippen LogP contribution is -1.94. The second kappa shape index (κ2) is 3.08. The zero-order valence-electron chi connectivity index (χ0n) is 8.30. The summed E-state index contributed by atoms with van der Waals surface area (Å²) < 4.78 is 18.6. The summed E-state index contributed by atoms with van der Waals surface area (Å²) in [6.45, 7) is 3.21. The second-order valence-corrected chi connectivity index (χ2v) is 3.43. The molecule has 0 unspecified atom stereocenters. The Kier molecular flexibility index (Phi) is 2.00. The zero-order chi connectivity index (χ0) is 11.2. The molecule has 1 heterocycles. The van der Waals surface area contributed by atoms with Crippen LogP contribution in [0.2, 0.25) is 0 Å². The maximum absolute atomic E-state index is 13.6. The van der Waals surface area contributed by atoms with E-state index >= 15 is 0 Å². The number of aryl methyl sites for hydroxylation is 2. The monoisotopic (exact) mass is 208 g/mol. The van der Waals surface area contributed by atoms with E-state index in [1.54, 1.807) is 26.0 Å². The molecule has 1 N–H and O–H groups in total. The Bertz CT molecular complexity index is 554. The fraction of sp³-hybridized carbons (Fsp3) is 0.182. The largest absolute Gasteiger partial charge is 0.475 e. The smallest absolute Gasteiger partial charge is 0.372 e. The molecule has 0 fully saturated rings. The molecule has 0 aliphatic heterocycles. The van der Waals surface area contributed by atoms with Crippen molar-refractivity contribution in [2.45, 2.75) is 13.8 Å². The number of carboxylic acids is 1. The molecule has 0 atom stereocenters. The third kappa shape index (κ3) is 1.29. The van der Waals surface area contributed by atoms with Gasteiger partial charge in [-0.05, 0) is 19.4 Å². The van der Waals surface area contributed by atoms with Gasteiger partial charge in [0, 0.05) is 10.9 Å². The van der Waals surface area contributed by atoms with Crippen LogP contribution in [-0.4, -0.2) is 11.1 Å².